The SMILES string of the molecule is Cc1cc(N)ccc1NC(=O)CN1CCN(C)C(=O)C1. The van der Waals surface area contributed by atoms with Gasteiger partial charge >= 0.3 is 0 Å². The van der Waals surface area contributed by atoms with Crippen molar-refractivity contribution in [2.75, 3.05) is 44.3 Å². The molecule has 1 aromatic carbocycles. The first-order chi connectivity index (χ1) is 9.45. The van der Waals surface area contributed by atoms with Gasteiger partial charge in [-0.1, -0.05) is 0 Å². The van der Waals surface area contributed by atoms with Gasteiger partial charge in [0.1, 0.15) is 0 Å². The summed E-state index contributed by atoms with van der Waals surface area (Å²) in [5.41, 5.74) is 8.02. The molecule has 2 amide bonds. The van der Waals surface area contributed by atoms with E-state index in [1.165, 1.54) is 0 Å². The zero-order chi connectivity index (χ0) is 14.7. The molecule has 3 N–H and O–H groups in total. The van der Waals surface area contributed by atoms with Crippen molar-refractivity contribution >= 4 is 23.2 Å². The van der Waals surface area contributed by atoms with E-state index >= 15 is 0 Å². The fourth-order valence-electron chi connectivity index (χ4n) is 2.16. The largest absolute Gasteiger partial charge is 0.399 e. The molecule has 108 valence electrons. The summed E-state index contributed by atoms with van der Waals surface area (Å²) in [7, 11) is 1.78. The van der Waals surface area contributed by atoms with Crippen LogP contribution >= 0.6 is 0 Å². The van der Waals surface area contributed by atoms with Gasteiger partial charge < -0.3 is 16.0 Å². The van der Waals surface area contributed by atoms with E-state index in [-0.39, 0.29) is 18.4 Å². The number of nitrogen functional groups attached to an aromatic ring is 1. The highest BCUT2D eigenvalue weighted by Crippen LogP contribution is 2.17. The van der Waals surface area contributed by atoms with Crippen LogP contribution in [0, 0.1) is 6.92 Å². The Balaban J connectivity index is 1.91. The summed E-state index contributed by atoms with van der Waals surface area (Å²) >= 11 is 0. The van der Waals surface area contributed by atoms with Gasteiger partial charge in [-0.25, -0.2) is 0 Å². The number of hydrogen-bond donors (Lipinski definition) is 2. The maximum absolute atomic E-state index is 12.0. The van der Waals surface area contributed by atoms with Crippen molar-refractivity contribution in [3.63, 3.8) is 0 Å². The van der Waals surface area contributed by atoms with E-state index in [0.717, 1.165) is 17.8 Å². The Bertz CT molecular complexity index is 530. The number of carbonyl (C=O) groups excluding carboxylic acids is 2. The smallest absolute Gasteiger partial charge is 0.238 e. The maximum Gasteiger partial charge on any atom is 0.238 e. The number of carbonyl (C=O) groups is 2. The molecular formula is C14H20N4O2. The summed E-state index contributed by atoms with van der Waals surface area (Å²) in [4.78, 5) is 27.1. The topological polar surface area (TPSA) is 78.7 Å². The van der Waals surface area contributed by atoms with E-state index in [1.807, 2.05) is 17.9 Å². The Kier molecular flexibility index (Phi) is 4.24. The van der Waals surface area contributed by atoms with E-state index in [2.05, 4.69) is 5.32 Å². The lowest BCUT2D eigenvalue weighted by molar-refractivity contribution is -0.135. The third kappa shape index (κ3) is 3.48. The molecule has 20 heavy (non-hydrogen) atoms. The van der Waals surface area contributed by atoms with Crippen LogP contribution in [-0.4, -0.2) is 54.8 Å². The maximum atomic E-state index is 12.0. The normalized spacial score (nSPS) is 16.3. The fourth-order valence-corrected chi connectivity index (χ4v) is 2.16. The molecule has 0 aliphatic carbocycles. The summed E-state index contributed by atoms with van der Waals surface area (Å²) in [6, 6.07) is 5.36. The molecule has 1 fully saturated rings. The number of anilines is 2. The van der Waals surface area contributed by atoms with E-state index in [1.54, 1.807) is 24.1 Å². The number of nitrogens with two attached hydrogens (primary N) is 1. The lowest BCUT2D eigenvalue weighted by Crippen LogP contribution is -2.50. The number of nitrogens with zero attached hydrogens (tertiary/aromatic N) is 2. The molecule has 0 saturated carbocycles. The molecule has 0 atom stereocenters. The van der Waals surface area contributed by atoms with Crippen LogP contribution in [-0.2, 0) is 9.59 Å². The minimum absolute atomic E-state index is 0.0488. The average Bonchev–Trinajstić information content (AvgIpc) is 2.37. The number of amides is 2. The van der Waals surface area contributed by atoms with Gasteiger partial charge in [0.15, 0.2) is 0 Å². The summed E-state index contributed by atoms with van der Waals surface area (Å²) < 4.78 is 0. The lowest BCUT2D eigenvalue weighted by atomic mass is 10.2. The molecule has 0 unspecified atom stereocenters. The van der Waals surface area contributed by atoms with Gasteiger partial charge in [0, 0.05) is 31.5 Å². The molecular weight excluding hydrogens is 256 g/mol. The highest BCUT2D eigenvalue weighted by molar-refractivity contribution is 5.93. The zero-order valence-electron chi connectivity index (χ0n) is 11.8. The third-order valence-corrected chi connectivity index (χ3v) is 3.43. The highest BCUT2D eigenvalue weighted by atomic mass is 16.2. The standard InChI is InChI=1S/C14H20N4O2/c1-10-7-11(15)3-4-12(10)16-13(19)8-18-6-5-17(2)14(20)9-18/h3-4,7H,5-6,8-9,15H2,1-2H3,(H,16,19). The molecule has 1 aliphatic rings. The molecule has 0 bridgehead atoms. The number of rotatable bonds is 3. The molecule has 6 nitrogen and oxygen atoms in total. The van der Waals surface area contributed by atoms with Gasteiger partial charge in [-0.05, 0) is 30.7 Å². The van der Waals surface area contributed by atoms with Gasteiger partial charge in [-0.3, -0.25) is 14.5 Å². The van der Waals surface area contributed by atoms with Crippen molar-refractivity contribution in [3.8, 4) is 0 Å². The van der Waals surface area contributed by atoms with E-state index in [9.17, 15) is 9.59 Å². The first-order valence-corrected chi connectivity index (χ1v) is 6.58. The van der Waals surface area contributed by atoms with Crippen molar-refractivity contribution in [2.24, 2.45) is 0 Å². The first-order valence-electron chi connectivity index (χ1n) is 6.58. The number of likely N-dealkylation sites (N-methyl/N-ethyl adjacent to an activating group) is 1. The van der Waals surface area contributed by atoms with Gasteiger partial charge in [0.25, 0.3) is 0 Å². The zero-order valence-corrected chi connectivity index (χ0v) is 11.8. The van der Waals surface area contributed by atoms with Crippen molar-refractivity contribution in [2.45, 2.75) is 6.92 Å². The molecule has 0 spiro atoms. The number of nitrogens with one attached hydrogen (secondary N) is 1. The van der Waals surface area contributed by atoms with Gasteiger partial charge in [-0.2, -0.15) is 0 Å². The quantitative estimate of drug-likeness (QED) is 0.778. The Morgan fingerprint density at radius 2 is 2.15 bits per heavy atom. The molecule has 2 rings (SSSR count). The monoisotopic (exact) mass is 276 g/mol. The van der Waals surface area contributed by atoms with Crippen LogP contribution in [0.3, 0.4) is 0 Å². The molecule has 1 saturated heterocycles. The second-order valence-corrected chi connectivity index (χ2v) is 5.15. The van der Waals surface area contributed by atoms with Crippen LogP contribution in [0.5, 0.6) is 0 Å². The number of benzene rings is 1. The predicted octanol–water partition coefficient (Wildman–Crippen LogP) is 0.290. The van der Waals surface area contributed by atoms with E-state index in [0.29, 0.717) is 18.8 Å². The summed E-state index contributed by atoms with van der Waals surface area (Å²) in [6.07, 6.45) is 0. The fraction of sp³-hybridized carbons (Fsp3) is 0.429. The van der Waals surface area contributed by atoms with E-state index < -0.39 is 0 Å². The summed E-state index contributed by atoms with van der Waals surface area (Å²) in [5, 5.41) is 2.85. The Morgan fingerprint density at radius 1 is 1.40 bits per heavy atom. The van der Waals surface area contributed by atoms with Crippen molar-refractivity contribution in [1.82, 2.24) is 9.80 Å². The second kappa shape index (κ2) is 5.92. The molecule has 0 aromatic heterocycles. The Labute approximate surface area is 118 Å². The van der Waals surface area contributed by atoms with Crippen molar-refractivity contribution in [3.05, 3.63) is 23.8 Å². The Morgan fingerprint density at radius 3 is 2.80 bits per heavy atom. The van der Waals surface area contributed by atoms with Crippen LogP contribution in [0.15, 0.2) is 18.2 Å². The van der Waals surface area contributed by atoms with Crippen molar-refractivity contribution < 1.29 is 9.59 Å². The van der Waals surface area contributed by atoms with Gasteiger partial charge in [0.2, 0.25) is 11.8 Å². The number of hydrogen-bond acceptors (Lipinski definition) is 4. The van der Waals surface area contributed by atoms with Crippen LogP contribution in [0.2, 0.25) is 0 Å². The predicted molar refractivity (Wildman–Crippen MR) is 78.3 cm³/mol. The van der Waals surface area contributed by atoms with Gasteiger partial charge in [0.05, 0.1) is 13.1 Å². The van der Waals surface area contributed by atoms with Crippen LogP contribution in [0.4, 0.5) is 11.4 Å². The molecule has 6 heteroatoms. The molecule has 1 aliphatic heterocycles. The number of aryl methyl sites for hydroxylation is 1. The second-order valence-electron chi connectivity index (χ2n) is 5.15. The highest BCUT2D eigenvalue weighted by Gasteiger charge is 2.22. The van der Waals surface area contributed by atoms with E-state index in [4.69, 9.17) is 5.73 Å². The van der Waals surface area contributed by atoms with Gasteiger partial charge in [-0.15, -0.1) is 0 Å². The lowest BCUT2D eigenvalue weighted by Gasteiger charge is -2.31. The third-order valence-electron chi connectivity index (χ3n) is 3.43. The summed E-state index contributed by atoms with van der Waals surface area (Å²) in [6.45, 7) is 3.79. The minimum atomic E-state index is -0.116. The average molecular weight is 276 g/mol. The van der Waals surface area contributed by atoms with Crippen LogP contribution in [0.25, 0.3) is 0 Å². The first kappa shape index (κ1) is 14.3. The summed E-state index contributed by atoms with van der Waals surface area (Å²) in [5.74, 6) is -0.0667. The van der Waals surface area contributed by atoms with Crippen LogP contribution < -0.4 is 11.1 Å². The molecule has 1 heterocycles. The molecule has 1 aromatic rings. The number of piperazine rings is 1. The van der Waals surface area contributed by atoms with Crippen LogP contribution in [0.1, 0.15) is 5.56 Å². The Hall–Kier alpha value is -2.08. The van der Waals surface area contributed by atoms with Crippen molar-refractivity contribution in [1.29, 1.82) is 0 Å². The molecule has 0 radical (unpaired) electrons. The minimum Gasteiger partial charge on any atom is -0.399 e.